The number of esters is 2. The molecule has 0 radical (unpaired) electrons. The number of rotatable bonds is 8. The number of hydrogen-bond donors (Lipinski definition) is 2. The molecule has 0 unspecified atom stereocenters. The van der Waals surface area contributed by atoms with Gasteiger partial charge in [-0.05, 0) is 24.3 Å². The van der Waals surface area contributed by atoms with Crippen LogP contribution in [0.25, 0.3) is 0 Å². The predicted molar refractivity (Wildman–Crippen MR) is 131 cm³/mol. The van der Waals surface area contributed by atoms with Crippen LogP contribution in [0.5, 0.6) is 0 Å². The molecule has 0 aliphatic carbocycles. The van der Waals surface area contributed by atoms with Crippen molar-refractivity contribution in [3.8, 4) is 0 Å². The second-order valence-corrected chi connectivity index (χ2v) is 9.63. The summed E-state index contributed by atoms with van der Waals surface area (Å²) >= 11 is 8.31. The summed E-state index contributed by atoms with van der Waals surface area (Å²) in [6.45, 7) is -0.658. The molecule has 12 nitrogen and oxygen atoms in total. The Kier molecular flexibility index (Phi) is 7.76. The lowest BCUT2D eigenvalue weighted by Gasteiger charge is -2.48. The number of anilines is 1. The van der Waals surface area contributed by atoms with Gasteiger partial charge in [-0.2, -0.15) is 0 Å². The maximum absolute atomic E-state index is 12.8. The van der Waals surface area contributed by atoms with Crippen molar-refractivity contribution in [2.45, 2.75) is 11.4 Å². The summed E-state index contributed by atoms with van der Waals surface area (Å²) in [6.07, 6.45) is 1.52. The SMILES string of the molecule is CO/N=C(\C(=O)N[C@@H]1C(=O)N2C(C(=O)OCOC(=O)c3cccc(Cl)c3)=CCS[C@H]12)c1csc(N)n1. The first kappa shape index (κ1) is 25.5. The van der Waals surface area contributed by atoms with E-state index in [1.807, 2.05) is 0 Å². The van der Waals surface area contributed by atoms with Crippen LogP contribution in [0.15, 0.2) is 46.6 Å². The molecule has 0 bridgehead atoms. The summed E-state index contributed by atoms with van der Waals surface area (Å²) in [4.78, 5) is 60.2. The van der Waals surface area contributed by atoms with E-state index in [0.29, 0.717) is 10.8 Å². The molecule has 1 aromatic carbocycles. The zero-order valence-corrected chi connectivity index (χ0v) is 20.9. The van der Waals surface area contributed by atoms with Gasteiger partial charge in [-0.15, -0.1) is 23.1 Å². The average molecular weight is 552 g/mol. The van der Waals surface area contributed by atoms with Crippen LogP contribution in [0.1, 0.15) is 16.1 Å². The number of benzene rings is 1. The average Bonchev–Trinajstić information content (AvgIpc) is 3.30. The molecule has 36 heavy (non-hydrogen) atoms. The summed E-state index contributed by atoms with van der Waals surface area (Å²) < 4.78 is 9.97. The topological polar surface area (TPSA) is 163 Å². The summed E-state index contributed by atoms with van der Waals surface area (Å²) in [5.41, 5.74) is 5.87. The lowest BCUT2D eigenvalue weighted by molar-refractivity contribution is -0.156. The summed E-state index contributed by atoms with van der Waals surface area (Å²) in [5, 5.41) is 7.87. The molecular formula is C21H18ClN5O7S2. The molecule has 2 aliphatic rings. The molecule has 188 valence electrons. The van der Waals surface area contributed by atoms with Crippen molar-refractivity contribution >= 4 is 69.3 Å². The van der Waals surface area contributed by atoms with Gasteiger partial charge in [0, 0.05) is 16.2 Å². The fourth-order valence-electron chi connectivity index (χ4n) is 3.34. The number of thiazole rings is 1. The number of amides is 2. The minimum absolute atomic E-state index is 0.00823. The third-order valence-corrected chi connectivity index (χ3v) is 7.04. The Labute approximate surface area is 217 Å². The van der Waals surface area contributed by atoms with Crippen molar-refractivity contribution in [2.24, 2.45) is 5.16 Å². The Morgan fingerprint density at radius 3 is 2.78 bits per heavy atom. The van der Waals surface area contributed by atoms with Gasteiger partial charge in [-0.3, -0.25) is 14.5 Å². The van der Waals surface area contributed by atoms with Crippen LogP contribution < -0.4 is 11.1 Å². The largest absolute Gasteiger partial charge is 0.424 e. The molecule has 2 amide bonds. The second-order valence-electron chi connectivity index (χ2n) is 7.16. The number of hydrogen-bond acceptors (Lipinski definition) is 12. The molecule has 2 aromatic rings. The fraction of sp³-hybridized carbons (Fsp3) is 0.238. The van der Waals surface area contributed by atoms with E-state index in [2.05, 4.69) is 15.5 Å². The normalized spacial score (nSPS) is 18.9. The number of nitrogens with zero attached hydrogens (tertiary/aromatic N) is 3. The fourth-order valence-corrected chi connectivity index (χ4v) is 5.27. The van der Waals surface area contributed by atoms with Crippen molar-refractivity contribution < 1.29 is 33.5 Å². The van der Waals surface area contributed by atoms with E-state index in [-0.39, 0.29) is 27.8 Å². The number of nitrogens with one attached hydrogen (secondary N) is 1. The maximum Gasteiger partial charge on any atom is 0.357 e. The number of nitrogens with two attached hydrogens (primary N) is 1. The standard InChI is InChI=1S/C21H18ClN5O7S2/c1-32-26-14(12-8-36-21(23)24-12)16(28)25-15-17(29)27-13(5-6-35-18(15)27)20(31)34-9-33-19(30)10-3-2-4-11(22)7-10/h2-5,7-8,15,18H,6,9H2,1H3,(H2,23,24)(H,25,28)/b26-14-/t15-,18-/m1/s1. The van der Waals surface area contributed by atoms with Crippen molar-refractivity contribution in [3.05, 3.63) is 57.7 Å². The van der Waals surface area contributed by atoms with Crippen LogP contribution in [-0.2, 0) is 28.7 Å². The molecule has 4 rings (SSSR count). The number of halogens is 1. The molecule has 3 heterocycles. The van der Waals surface area contributed by atoms with Crippen LogP contribution in [0.3, 0.4) is 0 Å². The van der Waals surface area contributed by atoms with Gasteiger partial charge in [0.05, 0.1) is 5.56 Å². The van der Waals surface area contributed by atoms with Crippen LogP contribution in [0.2, 0.25) is 5.02 Å². The minimum atomic E-state index is -0.919. The van der Waals surface area contributed by atoms with Gasteiger partial charge in [-0.25, -0.2) is 14.6 Å². The monoisotopic (exact) mass is 551 g/mol. The Morgan fingerprint density at radius 2 is 2.08 bits per heavy atom. The molecule has 1 fully saturated rings. The van der Waals surface area contributed by atoms with E-state index in [9.17, 15) is 19.2 Å². The van der Waals surface area contributed by atoms with Gasteiger partial charge in [0.2, 0.25) is 6.79 Å². The van der Waals surface area contributed by atoms with E-state index < -0.39 is 42.0 Å². The first-order chi connectivity index (χ1) is 17.3. The van der Waals surface area contributed by atoms with Crippen molar-refractivity contribution in [3.63, 3.8) is 0 Å². The van der Waals surface area contributed by atoms with E-state index in [1.54, 1.807) is 12.1 Å². The van der Waals surface area contributed by atoms with Crippen LogP contribution >= 0.6 is 34.7 Å². The molecule has 3 N–H and O–H groups in total. The third kappa shape index (κ3) is 5.29. The number of β-lactam (4-membered cyclic amide) rings is 1. The highest BCUT2D eigenvalue weighted by atomic mass is 35.5. The quantitative estimate of drug-likeness (QED) is 0.161. The van der Waals surface area contributed by atoms with Gasteiger partial charge in [-0.1, -0.05) is 22.8 Å². The van der Waals surface area contributed by atoms with E-state index in [1.165, 1.54) is 47.4 Å². The molecule has 0 saturated carbocycles. The smallest absolute Gasteiger partial charge is 0.357 e. The first-order valence-corrected chi connectivity index (χ1v) is 12.5. The Morgan fingerprint density at radius 1 is 1.31 bits per heavy atom. The highest BCUT2D eigenvalue weighted by Crippen LogP contribution is 2.37. The lowest BCUT2D eigenvalue weighted by atomic mass is 10.0. The van der Waals surface area contributed by atoms with Gasteiger partial charge in [0.1, 0.15) is 29.9 Å². The number of ether oxygens (including phenoxy) is 2. The van der Waals surface area contributed by atoms with E-state index in [0.717, 1.165) is 11.3 Å². The van der Waals surface area contributed by atoms with E-state index >= 15 is 0 Å². The molecule has 2 aliphatic heterocycles. The third-order valence-electron chi connectivity index (χ3n) is 4.94. The molecule has 1 saturated heterocycles. The highest BCUT2D eigenvalue weighted by Gasteiger charge is 2.53. The molecule has 0 spiro atoms. The van der Waals surface area contributed by atoms with Gasteiger partial charge >= 0.3 is 11.9 Å². The second kappa shape index (κ2) is 11.0. The van der Waals surface area contributed by atoms with E-state index in [4.69, 9.17) is 31.6 Å². The van der Waals surface area contributed by atoms with Crippen LogP contribution in [-0.4, -0.2) is 70.4 Å². The molecule has 2 atom stereocenters. The van der Waals surface area contributed by atoms with Gasteiger partial charge in [0.25, 0.3) is 11.8 Å². The molecule has 1 aromatic heterocycles. The number of nitrogen functional groups attached to an aromatic ring is 1. The zero-order valence-electron chi connectivity index (χ0n) is 18.5. The molecule has 15 heteroatoms. The minimum Gasteiger partial charge on any atom is -0.424 e. The number of thioether (sulfide) groups is 1. The first-order valence-electron chi connectivity index (χ1n) is 10.2. The summed E-state index contributed by atoms with van der Waals surface area (Å²) in [7, 11) is 1.27. The number of fused-ring (bicyclic) bond motifs is 1. The molecular weight excluding hydrogens is 534 g/mol. The number of carbonyl (C=O) groups excluding carboxylic acids is 4. The number of oxime groups is 1. The highest BCUT2D eigenvalue weighted by molar-refractivity contribution is 8.00. The van der Waals surface area contributed by atoms with Gasteiger partial charge < -0.3 is 25.4 Å². The maximum atomic E-state index is 12.8. The Balaban J connectivity index is 1.34. The van der Waals surface area contributed by atoms with Gasteiger partial charge in [0.15, 0.2) is 10.8 Å². The zero-order chi connectivity index (χ0) is 25.8. The lowest BCUT2D eigenvalue weighted by Crippen LogP contribution is -2.70. The van der Waals surface area contributed by atoms with Crippen molar-refractivity contribution in [1.82, 2.24) is 15.2 Å². The number of carbonyl (C=O) groups is 4. The Hall–Kier alpha value is -3.62. The van der Waals surface area contributed by atoms with Crippen LogP contribution in [0.4, 0.5) is 5.13 Å². The Bertz CT molecular complexity index is 1280. The predicted octanol–water partition coefficient (Wildman–Crippen LogP) is 1.37. The summed E-state index contributed by atoms with van der Waals surface area (Å²) in [5.74, 6) is -2.40. The summed E-state index contributed by atoms with van der Waals surface area (Å²) in [6, 6.07) is 5.17. The number of aromatic nitrogens is 1. The van der Waals surface area contributed by atoms with Crippen molar-refractivity contribution in [1.29, 1.82) is 0 Å². The van der Waals surface area contributed by atoms with Crippen molar-refractivity contribution in [2.75, 3.05) is 25.4 Å². The van der Waals surface area contributed by atoms with Crippen LogP contribution in [0, 0.1) is 0 Å².